The molecule has 1 saturated carbocycles. The van der Waals surface area contributed by atoms with E-state index in [1.54, 1.807) is 26.0 Å². The minimum atomic E-state index is -0.861. The first-order valence-corrected chi connectivity index (χ1v) is 7.88. The fourth-order valence-electron chi connectivity index (χ4n) is 5.11. The Morgan fingerprint density at radius 1 is 1.26 bits per heavy atom. The molecule has 1 fully saturated rings. The third-order valence-corrected chi connectivity index (χ3v) is 5.93. The summed E-state index contributed by atoms with van der Waals surface area (Å²) in [5, 5.41) is 20.2. The molecular weight excluding hydrogens is 290 g/mol. The van der Waals surface area contributed by atoms with Crippen molar-refractivity contribution in [2.24, 2.45) is 22.2 Å². The number of Topliss-reactive ketones (excluding diaryl/α,β-unsaturated/α-hetero) is 1. The van der Waals surface area contributed by atoms with Gasteiger partial charge >= 0.3 is 0 Å². The van der Waals surface area contributed by atoms with E-state index in [0.29, 0.717) is 6.42 Å². The first kappa shape index (κ1) is 15.9. The van der Waals surface area contributed by atoms with Gasteiger partial charge in [-0.2, -0.15) is 5.26 Å². The normalized spacial score (nSPS) is 41.4. The number of carbonyl (C=O) groups is 2. The molecule has 0 aromatic carbocycles. The summed E-state index contributed by atoms with van der Waals surface area (Å²) in [7, 11) is 0. The van der Waals surface area contributed by atoms with E-state index in [2.05, 4.69) is 0 Å². The zero-order valence-electron chi connectivity index (χ0n) is 13.9. The minimum Gasteiger partial charge on any atom is -0.393 e. The van der Waals surface area contributed by atoms with Gasteiger partial charge in [0.1, 0.15) is 6.07 Å². The van der Waals surface area contributed by atoms with Gasteiger partial charge in [0.05, 0.1) is 11.7 Å². The maximum Gasteiger partial charge on any atom is 0.179 e. The minimum absolute atomic E-state index is 0.0875. The lowest BCUT2D eigenvalue weighted by Gasteiger charge is -2.58. The highest BCUT2D eigenvalue weighted by Crippen LogP contribution is 2.62. The molecule has 0 unspecified atom stereocenters. The fraction of sp³-hybridized carbons (Fsp3) is 0.526. The third-order valence-electron chi connectivity index (χ3n) is 5.93. The van der Waals surface area contributed by atoms with Gasteiger partial charge in [0.15, 0.2) is 11.6 Å². The number of rotatable bonds is 0. The van der Waals surface area contributed by atoms with E-state index in [1.807, 2.05) is 26.0 Å². The molecule has 3 aliphatic carbocycles. The summed E-state index contributed by atoms with van der Waals surface area (Å²) < 4.78 is 0. The molecule has 0 bridgehead atoms. The summed E-state index contributed by atoms with van der Waals surface area (Å²) in [6.45, 7) is 7.50. The highest BCUT2D eigenvalue weighted by atomic mass is 16.3. The third kappa shape index (κ3) is 1.93. The molecule has 0 aromatic heterocycles. The monoisotopic (exact) mass is 311 g/mol. The number of fused-ring (bicyclic) bond motifs is 3. The number of hydrogen-bond donors (Lipinski definition) is 1. The number of aliphatic hydroxyl groups is 1. The van der Waals surface area contributed by atoms with Gasteiger partial charge in [0.2, 0.25) is 0 Å². The highest BCUT2D eigenvalue weighted by molar-refractivity contribution is 6.05. The second-order valence-electron chi connectivity index (χ2n) is 7.96. The lowest BCUT2D eigenvalue weighted by Crippen LogP contribution is -2.58. The van der Waals surface area contributed by atoms with Gasteiger partial charge in [-0.1, -0.05) is 39.8 Å². The molecule has 0 heterocycles. The van der Waals surface area contributed by atoms with Crippen molar-refractivity contribution in [3.05, 3.63) is 35.5 Å². The van der Waals surface area contributed by atoms with Crippen LogP contribution < -0.4 is 0 Å². The topological polar surface area (TPSA) is 78.2 Å². The first-order valence-electron chi connectivity index (χ1n) is 7.88. The molecule has 3 rings (SSSR count). The van der Waals surface area contributed by atoms with Crippen molar-refractivity contribution in [3.63, 3.8) is 0 Å². The molecule has 0 spiro atoms. The molecule has 4 nitrogen and oxygen atoms in total. The molecule has 23 heavy (non-hydrogen) atoms. The Hall–Kier alpha value is -1.99. The van der Waals surface area contributed by atoms with Crippen molar-refractivity contribution >= 4 is 11.6 Å². The lowest BCUT2D eigenvalue weighted by atomic mass is 9.45. The molecule has 0 aromatic rings. The number of hydrogen-bond acceptors (Lipinski definition) is 4. The van der Waals surface area contributed by atoms with E-state index in [1.165, 1.54) is 6.08 Å². The van der Waals surface area contributed by atoms with Gasteiger partial charge < -0.3 is 5.11 Å². The standard InChI is InChI=1S/C19H21NO3/c1-17(2)15-13(22)9-18(3)6-5-12(21)7-14(18)19(15,4)8-11(10-20)16(17)23/h5-8,13,15,22H,9H2,1-4H3/t13-,15-,18+,19+/m0/s1. The van der Waals surface area contributed by atoms with Gasteiger partial charge in [-0.15, -0.1) is 0 Å². The Morgan fingerprint density at radius 2 is 1.91 bits per heavy atom. The second-order valence-corrected chi connectivity index (χ2v) is 7.96. The molecule has 3 aliphatic rings. The number of aliphatic hydroxyl groups excluding tert-OH is 1. The maximum absolute atomic E-state index is 12.6. The average Bonchev–Trinajstić information content (AvgIpc) is 2.44. The number of nitriles is 1. The van der Waals surface area contributed by atoms with Crippen LogP contribution in [0.1, 0.15) is 34.1 Å². The van der Waals surface area contributed by atoms with Crippen molar-refractivity contribution in [1.29, 1.82) is 5.26 Å². The smallest absolute Gasteiger partial charge is 0.179 e. The fourth-order valence-corrected chi connectivity index (χ4v) is 5.11. The summed E-state index contributed by atoms with van der Waals surface area (Å²) >= 11 is 0. The second kappa shape index (κ2) is 4.52. The molecule has 0 saturated heterocycles. The van der Waals surface area contributed by atoms with Crippen LogP contribution in [-0.4, -0.2) is 22.8 Å². The molecule has 0 aliphatic heterocycles. The largest absolute Gasteiger partial charge is 0.393 e. The summed E-state index contributed by atoms with van der Waals surface area (Å²) in [6, 6.07) is 2.00. The number of ketones is 2. The average molecular weight is 311 g/mol. The van der Waals surface area contributed by atoms with Gasteiger partial charge in [-0.3, -0.25) is 9.59 Å². The summed E-state index contributed by atoms with van der Waals surface area (Å²) in [4.78, 5) is 24.6. The number of carbonyl (C=O) groups excluding carboxylic acids is 2. The highest BCUT2D eigenvalue weighted by Gasteiger charge is 2.61. The summed E-state index contributed by atoms with van der Waals surface area (Å²) in [5.74, 6) is -0.683. The molecule has 120 valence electrons. The SMILES string of the molecule is CC1(C)C(=O)C(C#N)=C[C@]2(C)C3=CC(=O)C=C[C@]3(C)C[C@H](O)[C@@H]12. The van der Waals surface area contributed by atoms with Crippen LogP contribution in [0.4, 0.5) is 0 Å². The molecule has 1 N–H and O–H groups in total. The predicted octanol–water partition coefficient (Wildman–Crippen LogP) is 2.50. The zero-order valence-corrected chi connectivity index (χ0v) is 13.9. The van der Waals surface area contributed by atoms with E-state index in [4.69, 9.17) is 0 Å². The van der Waals surface area contributed by atoms with Crippen LogP contribution in [0.2, 0.25) is 0 Å². The van der Waals surface area contributed by atoms with Crippen molar-refractivity contribution in [1.82, 2.24) is 0 Å². The van der Waals surface area contributed by atoms with E-state index in [9.17, 15) is 20.0 Å². The van der Waals surface area contributed by atoms with Crippen LogP contribution >= 0.6 is 0 Å². The van der Waals surface area contributed by atoms with Gasteiger partial charge in [-0.05, 0) is 24.1 Å². The van der Waals surface area contributed by atoms with Gasteiger partial charge in [-0.25, -0.2) is 0 Å². The van der Waals surface area contributed by atoms with Crippen molar-refractivity contribution in [2.45, 2.75) is 40.2 Å². The Kier molecular flexibility index (Phi) is 3.12. The molecule has 0 amide bonds. The van der Waals surface area contributed by atoms with E-state index >= 15 is 0 Å². The zero-order chi connectivity index (χ0) is 17.2. The Morgan fingerprint density at radius 3 is 2.52 bits per heavy atom. The lowest BCUT2D eigenvalue weighted by molar-refractivity contribution is -0.138. The van der Waals surface area contributed by atoms with Crippen molar-refractivity contribution in [2.75, 3.05) is 0 Å². The Bertz CT molecular complexity index is 749. The van der Waals surface area contributed by atoms with Gasteiger partial charge in [0.25, 0.3) is 0 Å². The van der Waals surface area contributed by atoms with Crippen molar-refractivity contribution in [3.8, 4) is 6.07 Å². The molecule has 4 atom stereocenters. The molecule has 4 heteroatoms. The van der Waals surface area contributed by atoms with Crippen LogP contribution in [0.25, 0.3) is 0 Å². The van der Waals surface area contributed by atoms with Crippen molar-refractivity contribution < 1.29 is 14.7 Å². The van der Waals surface area contributed by atoms with E-state index in [-0.39, 0.29) is 23.1 Å². The van der Waals surface area contributed by atoms with E-state index in [0.717, 1.165) is 5.57 Å². The van der Waals surface area contributed by atoms with Gasteiger partial charge in [0, 0.05) is 22.2 Å². The number of allylic oxidation sites excluding steroid dienone is 6. The number of nitrogens with zero attached hydrogens (tertiary/aromatic N) is 1. The maximum atomic E-state index is 12.6. The molecule has 0 radical (unpaired) electrons. The summed E-state index contributed by atoms with van der Waals surface area (Å²) in [5.41, 5.74) is -0.990. The van der Waals surface area contributed by atoms with Crippen LogP contribution in [0, 0.1) is 33.5 Å². The van der Waals surface area contributed by atoms with Crippen LogP contribution in [0.3, 0.4) is 0 Å². The molecular formula is C19H21NO3. The first-order chi connectivity index (χ1) is 10.6. The van der Waals surface area contributed by atoms with Crippen LogP contribution in [-0.2, 0) is 9.59 Å². The Labute approximate surface area is 136 Å². The van der Waals surface area contributed by atoms with Crippen LogP contribution in [0.5, 0.6) is 0 Å². The predicted molar refractivity (Wildman–Crippen MR) is 85.0 cm³/mol. The van der Waals surface area contributed by atoms with E-state index < -0.39 is 22.3 Å². The quantitative estimate of drug-likeness (QED) is 0.745. The van der Waals surface area contributed by atoms with Crippen LogP contribution in [0.15, 0.2) is 35.5 Å². The summed E-state index contributed by atoms with van der Waals surface area (Å²) in [6.07, 6.45) is 6.46. The Balaban J connectivity index is 2.31.